The smallest absolute Gasteiger partial charge is 0.122 e. The number of hydrogen-bond donors (Lipinski definition) is 1. The second-order valence-corrected chi connectivity index (χ2v) is 5.51. The van der Waals surface area contributed by atoms with Gasteiger partial charge in [0.05, 0.1) is 12.9 Å². The third kappa shape index (κ3) is 2.37. The van der Waals surface area contributed by atoms with Gasteiger partial charge in [-0.15, -0.1) is 0 Å². The van der Waals surface area contributed by atoms with Crippen molar-refractivity contribution < 1.29 is 4.74 Å². The molecule has 3 heterocycles. The molecule has 110 valence electrons. The molecule has 1 aliphatic rings. The zero-order valence-electron chi connectivity index (χ0n) is 12.2. The van der Waals surface area contributed by atoms with Crippen LogP contribution in [0.3, 0.4) is 0 Å². The minimum absolute atomic E-state index is 0.217. The Kier molecular flexibility index (Phi) is 3.35. The average molecular weight is 291 g/mol. The first kappa shape index (κ1) is 13.1. The highest BCUT2D eigenvalue weighted by Crippen LogP contribution is 2.36. The molecule has 0 radical (unpaired) electrons. The number of H-pyrrole nitrogens is 1. The van der Waals surface area contributed by atoms with Crippen LogP contribution in [0.5, 0.6) is 5.75 Å². The maximum Gasteiger partial charge on any atom is 0.122 e. The molecule has 1 N–H and O–H groups in total. The van der Waals surface area contributed by atoms with Crippen molar-refractivity contribution in [1.82, 2.24) is 15.0 Å². The van der Waals surface area contributed by atoms with E-state index >= 15 is 0 Å². The first-order valence-corrected chi connectivity index (χ1v) is 7.54. The Labute approximate surface area is 129 Å². The molecule has 0 bridgehead atoms. The van der Waals surface area contributed by atoms with Crippen LogP contribution in [-0.4, -0.2) is 21.6 Å². The first-order chi connectivity index (χ1) is 10.9. The van der Waals surface area contributed by atoms with Crippen molar-refractivity contribution in [3.63, 3.8) is 0 Å². The summed E-state index contributed by atoms with van der Waals surface area (Å²) in [5.41, 5.74) is 4.83. The third-order valence-electron chi connectivity index (χ3n) is 4.19. The van der Waals surface area contributed by atoms with Crippen molar-refractivity contribution in [3.05, 3.63) is 77.6 Å². The van der Waals surface area contributed by atoms with Crippen molar-refractivity contribution in [2.75, 3.05) is 6.61 Å². The van der Waals surface area contributed by atoms with E-state index in [9.17, 15) is 0 Å². The quantitative estimate of drug-likeness (QED) is 0.803. The maximum atomic E-state index is 5.72. The number of benzene rings is 1. The average Bonchev–Trinajstić information content (AvgIpc) is 3.24. The molecular weight excluding hydrogens is 274 g/mol. The molecule has 0 unspecified atom stereocenters. The molecule has 4 nitrogen and oxygen atoms in total. The number of imidazole rings is 1. The molecule has 1 aromatic carbocycles. The number of rotatable bonds is 4. The number of pyridine rings is 1. The summed E-state index contributed by atoms with van der Waals surface area (Å²) in [4.78, 5) is 11.9. The van der Waals surface area contributed by atoms with Crippen LogP contribution in [0.25, 0.3) is 0 Å². The second-order valence-electron chi connectivity index (χ2n) is 5.51. The minimum atomic E-state index is 0.217. The van der Waals surface area contributed by atoms with Gasteiger partial charge in [-0.25, -0.2) is 4.98 Å². The number of ether oxygens (including phenoxy) is 1. The van der Waals surface area contributed by atoms with Crippen LogP contribution < -0.4 is 4.74 Å². The molecule has 1 aliphatic heterocycles. The van der Waals surface area contributed by atoms with Crippen LogP contribution in [0.15, 0.2) is 55.1 Å². The van der Waals surface area contributed by atoms with E-state index in [1.807, 2.05) is 24.5 Å². The molecule has 0 saturated carbocycles. The standard InChI is InChI=1S/C18H17N3O/c1-2-8-20-13(4-1)10-16(17-11-19-12-21-17)14-5-3-6-18-15(14)7-9-22-18/h1-6,8,11-12,16H,7,9-10H2,(H,19,21)/t16-/m0/s1. The molecular formula is C18H17N3O. The Morgan fingerprint density at radius 1 is 1.18 bits per heavy atom. The summed E-state index contributed by atoms with van der Waals surface area (Å²) >= 11 is 0. The van der Waals surface area contributed by atoms with E-state index < -0.39 is 0 Å². The van der Waals surface area contributed by atoms with Crippen molar-refractivity contribution in [1.29, 1.82) is 0 Å². The Balaban J connectivity index is 1.77. The highest BCUT2D eigenvalue weighted by Gasteiger charge is 2.24. The molecule has 2 aromatic heterocycles. The van der Waals surface area contributed by atoms with E-state index in [0.717, 1.165) is 36.6 Å². The number of hydrogen-bond acceptors (Lipinski definition) is 3. The predicted molar refractivity (Wildman–Crippen MR) is 84.0 cm³/mol. The molecule has 0 fully saturated rings. The molecule has 4 rings (SSSR count). The fraction of sp³-hybridized carbons (Fsp3) is 0.222. The number of fused-ring (bicyclic) bond motifs is 1. The molecule has 0 saturated heterocycles. The third-order valence-corrected chi connectivity index (χ3v) is 4.19. The van der Waals surface area contributed by atoms with Crippen molar-refractivity contribution >= 4 is 0 Å². The number of nitrogens with zero attached hydrogens (tertiary/aromatic N) is 2. The van der Waals surface area contributed by atoms with Crippen LogP contribution in [0.2, 0.25) is 0 Å². The van der Waals surface area contributed by atoms with E-state index in [1.54, 1.807) is 6.33 Å². The zero-order chi connectivity index (χ0) is 14.8. The minimum Gasteiger partial charge on any atom is -0.493 e. The lowest BCUT2D eigenvalue weighted by Gasteiger charge is -2.18. The number of nitrogens with one attached hydrogen (secondary N) is 1. The summed E-state index contributed by atoms with van der Waals surface area (Å²) in [6, 6.07) is 12.4. The molecule has 3 aromatic rings. The normalized spacial score (nSPS) is 14.4. The number of aromatic amines is 1. The molecule has 1 atom stereocenters. The zero-order valence-corrected chi connectivity index (χ0v) is 12.2. The predicted octanol–water partition coefficient (Wildman–Crippen LogP) is 3.11. The van der Waals surface area contributed by atoms with Gasteiger partial charge in [0, 0.05) is 48.1 Å². The van der Waals surface area contributed by atoms with Gasteiger partial charge in [0.25, 0.3) is 0 Å². The summed E-state index contributed by atoms with van der Waals surface area (Å²) < 4.78 is 5.72. The lowest BCUT2D eigenvalue weighted by atomic mass is 9.87. The van der Waals surface area contributed by atoms with Gasteiger partial charge < -0.3 is 9.72 Å². The number of aromatic nitrogens is 3. The lowest BCUT2D eigenvalue weighted by molar-refractivity contribution is 0.357. The fourth-order valence-electron chi connectivity index (χ4n) is 3.15. The van der Waals surface area contributed by atoms with Crippen molar-refractivity contribution in [3.8, 4) is 5.75 Å². The van der Waals surface area contributed by atoms with E-state index in [-0.39, 0.29) is 5.92 Å². The van der Waals surface area contributed by atoms with Gasteiger partial charge in [0.15, 0.2) is 0 Å². The second kappa shape index (κ2) is 5.64. The topological polar surface area (TPSA) is 50.8 Å². The highest BCUT2D eigenvalue weighted by atomic mass is 16.5. The van der Waals surface area contributed by atoms with Crippen LogP contribution in [0.1, 0.15) is 28.4 Å². The summed E-state index contributed by atoms with van der Waals surface area (Å²) in [7, 11) is 0. The SMILES string of the molecule is c1ccc(C[C@H](c2cnc[nH]2)c2cccc3c2CCO3)nc1. The van der Waals surface area contributed by atoms with Crippen LogP contribution in [-0.2, 0) is 12.8 Å². The highest BCUT2D eigenvalue weighted by molar-refractivity contribution is 5.47. The van der Waals surface area contributed by atoms with Crippen LogP contribution in [0, 0.1) is 0 Å². The summed E-state index contributed by atoms with van der Waals surface area (Å²) in [5.74, 6) is 1.23. The summed E-state index contributed by atoms with van der Waals surface area (Å²) in [6.07, 6.45) is 7.30. The lowest BCUT2D eigenvalue weighted by Crippen LogP contribution is -2.09. The molecule has 4 heteroatoms. The Bertz CT molecular complexity index is 753. The van der Waals surface area contributed by atoms with E-state index in [2.05, 4.69) is 39.2 Å². The van der Waals surface area contributed by atoms with Crippen LogP contribution in [0.4, 0.5) is 0 Å². The summed E-state index contributed by atoms with van der Waals surface area (Å²) in [6.45, 7) is 0.769. The maximum absolute atomic E-state index is 5.72. The Hall–Kier alpha value is -2.62. The Morgan fingerprint density at radius 3 is 3.00 bits per heavy atom. The molecule has 0 amide bonds. The summed E-state index contributed by atoms with van der Waals surface area (Å²) in [5, 5.41) is 0. The van der Waals surface area contributed by atoms with Crippen LogP contribution >= 0.6 is 0 Å². The van der Waals surface area contributed by atoms with Gasteiger partial charge in [-0.3, -0.25) is 4.98 Å². The van der Waals surface area contributed by atoms with Gasteiger partial charge in [-0.1, -0.05) is 18.2 Å². The fourth-order valence-corrected chi connectivity index (χ4v) is 3.15. The van der Waals surface area contributed by atoms with Crippen molar-refractivity contribution in [2.45, 2.75) is 18.8 Å². The van der Waals surface area contributed by atoms with Gasteiger partial charge >= 0.3 is 0 Å². The van der Waals surface area contributed by atoms with Gasteiger partial charge in [0.1, 0.15) is 5.75 Å². The van der Waals surface area contributed by atoms with E-state index in [0.29, 0.717) is 0 Å². The Morgan fingerprint density at radius 2 is 2.18 bits per heavy atom. The van der Waals surface area contributed by atoms with E-state index in [4.69, 9.17) is 4.74 Å². The van der Waals surface area contributed by atoms with E-state index in [1.165, 1.54) is 11.1 Å². The van der Waals surface area contributed by atoms with Gasteiger partial charge in [-0.2, -0.15) is 0 Å². The molecule has 0 spiro atoms. The van der Waals surface area contributed by atoms with Crippen molar-refractivity contribution in [2.24, 2.45) is 0 Å². The largest absolute Gasteiger partial charge is 0.493 e. The molecule has 22 heavy (non-hydrogen) atoms. The van der Waals surface area contributed by atoms with Gasteiger partial charge in [-0.05, 0) is 23.8 Å². The van der Waals surface area contributed by atoms with Gasteiger partial charge in [0.2, 0.25) is 0 Å². The molecule has 0 aliphatic carbocycles. The first-order valence-electron chi connectivity index (χ1n) is 7.54. The monoisotopic (exact) mass is 291 g/mol.